The quantitative estimate of drug-likeness (QED) is 0.468. The zero-order chi connectivity index (χ0) is 20.6. The van der Waals surface area contributed by atoms with Crippen LogP contribution in [0.4, 0.5) is 4.39 Å². The van der Waals surface area contributed by atoms with Gasteiger partial charge in [-0.05, 0) is 60.5 Å². The van der Waals surface area contributed by atoms with Crippen molar-refractivity contribution in [3.05, 3.63) is 95.3 Å². The van der Waals surface area contributed by atoms with Gasteiger partial charge in [-0.25, -0.2) is 4.39 Å². The van der Waals surface area contributed by atoms with Gasteiger partial charge in [-0.15, -0.1) is 0 Å². The van der Waals surface area contributed by atoms with Crippen molar-refractivity contribution in [1.82, 2.24) is 9.80 Å². The van der Waals surface area contributed by atoms with Gasteiger partial charge in [-0.1, -0.05) is 67.6 Å². The van der Waals surface area contributed by atoms with Crippen LogP contribution in [0.2, 0.25) is 0 Å². The summed E-state index contributed by atoms with van der Waals surface area (Å²) in [5.41, 5.74) is 6.22. The average molecular weight is 391 g/mol. The Bertz CT molecular complexity index is 903. The Morgan fingerprint density at radius 2 is 1.48 bits per heavy atom. The fourth-order valence-corrected chi connectivity index (χ4v) is 3.57. The van der Waals surface area contributed by atoms with E-state index < -0.39 is 0 Å². The molecule has 0 aromatic heterocycles. The maximum absolute atomic E-state index is 13.4. The molecule has 0 heterocycles. The van der Waals surface area contributed by atoms with Crippen LogP contribution in [0.5, 0.6) is 0 Å². The summed E-state index contributed by atoms with van der Waals surface area (Å²) in [5.74, 6) is -0.199. The van der Waals surface area contributed by atoms with Crippen molar-refractivity contribution < 1.29 is 4.39 Å². The molecule has 0 fully saturated rings. The Morgan fingerprint density at radius 3 is 2.21 bits per heavy atom. The molecule has 0 unspecified atom stereocenters. The normalized spacial score (nSPS) is 11.4. The fourth-order valence-electron chi connectivity index (χ4n) is 3.57. The lowest BCUT2D eigenvalue weighted by molar-refractivity contribution is 0.226. The van der Waals surface area contributed by atoms with Gasteiger partial charge in [0.15, 0.2) is 0 Å². The highest BCUT2D eigenvalue weighted by molar-refractivity contribution is 5.67. The summed E-state index contributed by atoms with van der Waals surface area (Å²) in [6.07, 6.45) is 1.05. The highest BCUT2D eigenvalue weighted by Gasteiger charge is 2.12. The second-order valence-electron chi connectivity index (χ2n) is 7.85. The Kier molecular flexibility index (Phi) is 7.56. The molecule has 0 saturated carbocycles. The van der Waals surface area contributed by atoms with Gasteiger partial charge in [-0.2, -0.15) is 0 Å². The van der Waals surface area contributed by atoms with Crippen molar-refractivity contribution in [3.8, 4) is 11.1 Å². The third-order valence-electron chi connectivity index (χ3n) is 5.24. The molecule has 0 bridgehead atoms. The third-order valence-corrected chi connectivity index (χ3v) is 5.24. The first-order valence-electron chi connectivity index (χ1n) is 10.3. The Labute approximate surface area is 174 Å². The number of aryl methyl sites for hydroxylation is 1. The summed E-state index contributed by atoms with van der Waals surface area (Å²) in [5, 5.41) is 0. The summed E-state index contributed by atoms with van der Waals surface area (Å²) in [7, 11) is 4.23. The van der Waals surface area contributed by atoms with E-state index >= 15 is 0 Å². The van der Waals surface area contributed by atoms with Gasteiger partial charge in [0.05, 0.1) is 0 Å². The van der Waals surface area contributed by atoms with E-state index in [1.165, 1.54) is 34.4 Å². The molecule has 0 radical (unpaired) electrons. The molecular formula is C26H31FN2. The molecule has 0 N–H and O–H groups in total. The van der Waals surface area contributed by atoms with Crippen LogP contribution >= 0.6 is 0 Å². The monoisotopic (exact) mass is 390 g/mol. The molecule has 0 spiro atoms. The molecule has 0 aliphatic rings. The van der Waals surface area contributed by atoms with Crippen molar-refractivity contribution in [2.24, 2.45) is 0 Å². The Balaban J connectivity index is 1.84. The van der Waals surface area contributed by atoms with E-state index in [-0.39, 0.29) is 5.82 Å². The van der Waals surface area contributed by atoms with Gasteiger partial charge in [-0.3, -0.25) is 4.90 Å². The highest BCUT2D eigenvalue weighted by atomic mass is 19.1. The Morgan fingerprint density at radius 1 is 0.759 bits per heavy atom. The lowest BCUT2D eigenvalue weighted by Crippen LogP contribution is -2.31. The molecule has 0 aliphatic carbocycles. The van der Waals surface area contributed by atoms with Crippen LogP contribution in [0.25, 0.3) is 11.1 Å². The number of nitrogens with zero attached hydrogens (tertiary/aromatic N) is 2. The van der Waals surface area contributed by atoms with Crippen LogP contribution < -0.4 is 0 Å². The highest BCUT2D eigenvalue weighted by Crippen LogP contribution is 2.25. The molecule has 2 nitrogen and oxygen atoms in total. The van der Waals surface area contributed by atoms with Crippen LogP contribution in [0, 0.1) is 5.82 Å². The van der Waals surface area contributed by atoms with Crippen LogP contribution in [0.15, 0.2) is 72.8 Å². The minimum atomic E-state index is -0.199. The molecule has 0 amide bonds. The summed E-state index contributed by atoms with van der Waals surface area (Å²) >= 11 is 0. The van der Waals surface area contributed by atoms with E-state index in [2.05, 4.69) is 79.3 Å². The number of hydrogen-bond acceptors (Lipinski definition) is 2. The van der Waals surface area contributed by atoms with E-state index in [4.69, 9.17) is 0 Å². The maximum atomic E-state index is 13.4. The van der Waals surface area contributed by atoms with Crippen molar-refractivity contribution >= 4 is 0 Å². The number of halogens is 1. The van der Waals surface area contributed by atoms with Crippen molar-refractivity contribution in [2.75, 3.05) is 27.2 Å². The summed E-state index contributed by atoms with van der Waals surface area (Å²) < 4.78 is 13.4. The minimum Gasteiger partial charge on any atom is -0.308 e. The summed E-state index contributed by atoms with van der Waals surface area (Å²) in [6.45, 7) is 5.96. The van der Waals surface area contributed by atoms with Crippen LogP contribution in [0.1, 0.15) is 23.6 Å². The van der Waals surface area contributed by atoms with E-state index in [1.807, 2.05) is 12.1 Å². The zero-order valence-electron chi connectivity index (χ0n) is 17.7. The minimum absolute atomic E-state index is 0.199. The topological polar surface area (TPSA) is 6.48 Å². The van der Waals surface area contributed by atoms with Gasteiger partial charge >= 0.3 is 0 Å². The SMILES string of the molecule is CCc1cccc(CN(CCN(C)C)Cc2ccccc2-c2ccc(F)cc2)c1. The second-order valence-corrected chi connectivity index (χ2v) is 7.85. The van der Waals surface area contributed by atoms with Crippen LogP contribution in [-0.4, -0.2) is 37.0 Å². The third kappa shape index (κ3) is 6.25. The predicted molar refractivity (Wildman–Crippen MR) is 120 cm³/mol. The first-order valence-corrected chi connectivity index (χ1v) is 10.3. The molecule has 3 rings (SSSR count). The Hall–Kier alpha value is -2.49. The number of rotatable bonds is 9. The van der Waals surface area contributed by atoms with Gasteiger partial charge in [0.25, 0.3) is 0 Å². The first-order chi connectivity index (χ1) is 14.0. The van der Waals surface area contributed by atoms with E-state index in [1.54, 1.807) is 0 Å². The zero-order valence-corrected chi connectivity index (χ0v) is 17.7. The lowest BCUT2D eigenvalue weighted by atomic mass is 9.99. The number of hydrogen-bond donors (Lipinski definition) is 0. The van der Waals surface area contributed by atoms with Crippen molar-refractivity contribution in [2.45, 2.75) is 26.4 Å². The maximum Gasteiger partial charge on any atom is 0.123 e. The van der Waals surface area contributed by atoms with Gasteiger partial charge in [0.2, 0.25) is 0 Å². The fraction of sp³-hybridized carbons (Fsp3) is 0.308. The standard InChI is InChI=1S/C26H31FN2/c1-4-21-8-7-9-22(18-21)19-29(17-16-28(2)3)20-24-10-5-6-11-26(24)23-12-14-25(27)15-13-23/h5-15,18H,4,16-17,19-20H2,1-3H3. The molecule has 0 aliphatic heterocycles. The molecule has 3 heteroatoms. The lowest BCUT2D eigenvalue weighted by Gasteiger charge is -2.26. The first kappa shape index (κ1) is 21.2. The van der Waals surface area contributed by atoms with Crippen molar-refractivity contribution in [1.29, 1.82) is 0 Å². The summed E-state index contributed by atoms with van der Waals surface area (Å²) in [4.78, 5) is 4.72. The molecule has 3 aromatic carbocycles. The van der Waals surface area contributed by atoms with E-state index in [0.717, 1.165) is 38.2 Å². The van der Waals surface area contributed by atoms with Crippen LogP contribution in [-0.2, 0) is 19.5 Å². The second kappa shape index (κ2) is 10.3. The largest absolute Gasteiger partial charge is 0.308 e. The van der Waals surface area contributed by atoms with Crippen LogP contribution in [0.3, 0.4) is 0 Å². The average Bonchev–Trinajstić information content (AvgIpc) is 2.73. The smallest absolute Gasteiger partial charge is 0.123 e. The molecule has 0 atom stereocenters. The predicted octanol–water partition coefficient (Wildman–Crippen LogP) is 5.62. The number of benzene rings is 3. The van der Waals surface area contributed by atoms with Crippen molar-refractivity contribution in [3.63, 3.8) is 0 Å². The van der Waals surface area contributed by atoms with Gasteiger partial charge in [0.1, 0.15) is 5.82 Å². The van der Waals surface area contributed by atoms with E-state index in [9.17, 15) is 4.39 Å². The molecule has 29 heavy (non-hydrogen) atoms. The summed E-state index contributed by atoms with van der Waals surface area (Å²) in [6, 6.07) is 24.1. The molecular weight excluding hydrogens is 359 g/mol. The molecule has 0 saturated heterocycles. The van der Waals surface area contributed by atoms with E-state index in [0.29, 0.717) is 0 Å². The number of likely N-dealkylation sites (N-methyl/N-ethyl adjacent to an activating group) is 1. The van der Waals surface area contributed by atoms with Gasteiger partial charge in [0, 0.05) is 26.2 Å². The molecule has 3 aromatic rings. The van der Waals surface area contributed by atoms with Gasteiger partial charge < -0.3 is 4.90 Å². The molecule has 152 valence electrons.